The Morgan fingerprint density at radius 3 is 2.20 bits per heavy atom. The van der Waals surface area contributed by atoms with Crippen molar-refractivity contribution in [2.75, 3.05) is 0 Å². The first-order chi connectivity index (χ1) is 9.58. The van der Waals surface area contributed by atoms with Crippen LogP contribution in [0.5, 0.6) is 5.75 Å². The Bertz CT molecular complexity index is 585. The van der Waals surface area contributed by atoms with Gasteiger partial charge in [-0.1, -0.05) is 35.9 Å². The molecule has 0 amide bonds. The topological polar surface area (TPSA) is 35.5 Å². The summed E-state index contributed by atoms with van der Waals surface area (Å²) in [4.78, 5) is 12.1. The summed E-state index contributed by atoms with van der Waals surface area (Å²) in [6.07, 6.45) is 0. The second kappa shape index (κ2) is 6.53. The fraction of sp³-hybridized carbons (Fsp3) is 0.188. The smallest absolute Gasteiger partial charge is 0.343 e. The summed E-state index contributed by atoms with van der Waals surface area (Å²) in [5, 5.41) is 0. The van der Waals surface area contributed by atoms with Gasteiger partial charge in [-0.25, -0.2) is 4.79 Å². The van der Waals surface area contributed by atoms with E-state index in [1.165, 1.54) is 0 Å². The normalized spacial score (nSPS) is 10.8. The zero-order valence-corrected chi connectivity index (χ0v) is 12.8. The first-order valence-electron chi connectivity index (χ1n) is 6.34. The van der Waals surface area contributed by atoms with Gasteiger partial charge in [0.1, 0.15) is 5.75 Å². The van der Waals surface area contributed by atoms with Crippen LogP contribution in [-0.4, -0.2) is 5.97 Å². The summed E-state index contributed by atoms with van der Waals surface area (Å²) >= 11 is 0. The van der Waals surface area contributed by atoms with Crippen LogP contribution in [0.1, 0.15) is 27.0 Å². The van der Waals surface area contributed by atoms with E-state index in [2.05, 4.69) is 0 Å². The minimum atomic E-state index is -0.344. The second-order valence-electron chi connectivity index (χ2n) is 4.66. The van der Waals surface area contributed by atoms with Gasteiger partial charge in [-0.3, -0.25) is 0 Å². The van der Waals surface area contributed by atoms with Crippen LogP contribution in [0.3, 0.4) is 0 Å². The Labute approximate surface area is 120 Å². The SMILES string of the molecule is Cc1cc(C)c(C(=O)OPOc2ccccc2)c(C)c1. The number of para-hydroxylation sites is 1. The van der Waals surface area contributed by atoms with E-state index in [9.17, 15) is 4.79 Å². The summed E-state index contributed by atoms with van der Waals surface area (Å²) in [6.45, 7) is 5.84. The molecule has 1 atom stereocenters. The third kappa shape index (κ3) is 3.58. The number of carbonyl (C=O) groups is 1. The van der Waals surface area contributed by atoms with Crippen molar-refractivity contribution in [1.82, 2.24) is 0 Å². The molecule has 20 heavy (non-hydrogen) atoms. The molecule has 0 spiro atoms. The number of hydrogen-bond donors (Lipinski definition) is 0. The van der Waals surface area contributed by atoms with E-state index in [1.807, 2.05) is 63.2 Å². The van der Waals surface area contributed by atoms with E-state index in [-0.39, 0.29) is 15.0 Å². The third-order valence-corrected chi connectivity index (χ3v) is 3.51. The molecule has 2 rings (SSSR count). The van der Waals surface area contributed by atoms with Gasteiger partial charge >= 0.3 is 5.97 Å². The molecule has 0 N–H and O–H groups in total. The molecule has 0 aliphatic heterocycles. The lowest BCUT2D eigenvalue weighted by molar-refractivity contribution is 0.0748. The molecule has 0 heterocycles. The molecule has 4 heteroatoms. The first kappa shape index (κ1) is 14.5. The maximum atomic E-state index is 12.1. The van der Waals surface area contributed by atoms with Gasteiger partial charge in [-0.2, -0.15) is 0 Å². The molecular weight excluding hydrogens is 271 g/mol. The Kier molecular flexibility index (Phi) is 4.75. The highest BCUT2D eigenvalue weighted by molar-refractivity contribution is 7.27. The predicted octanol–water partition coefficient (Wildman–Crippen LogP) is 4.36. The van der Waals surface area contributed by atoms with Gasteiger partial charge in [0.15, 0.2) is 0 Å². The molecule has 0 saturated carbocycles. The Morgan fingerprint density at radius 1 is 1.00 bits per heavy atom. The van der Waals surface area contributed by atoms with Gasteiger partial charge in [-0.05, 0) is 44.0 Å². The molecule has 1 unspecified atom stereocenters. The average Bonchev–Trinajstić information content (AvgIpc) is 2.38. The summed E-state index contributed by atoms with van der Waals surface area (Å²) < 4.78 is 10.6. The fourth-order valence-electron chi connectivity index (χ4n) is 2.15. The maximum Gasteiger partial charge on any atom is 0.343 e. The highest BCUT2D eigenvalue weighted by atomic mass is 31.1. The zero-order chi connectivity index (χ0) is 14.5. The van der Waals surface area contributed by atoms with E-state index in [1.54, 1.807) is 0 Å². The number of carbonyl (C=O) groups excluding carboxylic acids is 1. The van der Waals surface area contributed by atoms with Crippen molar-refractivity contribution in [3.8, 4) is 5.75 Å². The van der Waals surface area contributed by atoms with E-state index < -0.39 is 0 Å². The van der Waals surface area contributed by atoms with Crippen LogP contribution in [0, 0.1) is 20.8 Å². The minimum absolute atomic E-state index is 0.339. The molecule has 0 fully saturated rings. The van der Waals surface area contributed by atoms with Gasteiger partial charge in [0.05, 0.1) is 5.56 Å². The highest BCUT2D eigenvalue weighted by Crippen LogP contribution is 2.25. The fourth-order valence-corrected chi connectivity index (χ4v) is 2.60. The molecule has 0 aliphatic carbocycles. The largest absolute Gasteiger partial charge is 0.441 e. The van der Waals surface area contributed by atoms with Crippen LogP contribution >= 0.6 is 9.03 Å². The second-order valence-corrected chi connectivity index (χ2v) is 5.24. The van der Waals surface area contributed by atoms with Crippen LogP contribution in [0.25, 0.3) is 0 Å². The number of benzene rings is 2. The quantitative estimate of drug-likeness (QED) is 0.784. The van der Waals surface area contributed by atoms with Crippen molar-refractivity contribution in [3.05, 3.63) is 64.7 Å². The van der Waals surface area contributed by atoms with Crippen molar-refractivity contribution in [1.29, 1.82) is 0 Å². The van der Waals surface area contributed by atoms with Gasteiger partial charge < -0.3 is 9.05 Å². The maximum absolute atomic E-state index is 12.1. The summed E-state index contributed by atoms with van der Waals surface area (Å²) in [7, 11) is -0.344. The Hall–Kier alpha value is -1.86. The first-order valence-corrected chi connectivity index (χ1v) is 7.15. The minimum Gasteiger partial charge on any atom is -0.441 e. The highest BCUT2D eigenvalue weighted by Gasteiger charge is 2.14. The van der Waals surface area contributed by atoms with Gasteiger partial charge in [0.2, 0.25) is 0 Å². The lowest BCUT2D eigenvalue weighted by Crippen LogP contribution is -2.06. The van der Waals surface area contributed by atoms with E-state index in [0.717, 1.165) is 16.7 Å². The van der Waals surface area contributed by atoms with Crippen LogP contribution in [0.15, 0.2) is 42.5 Å². The number of hydrogen-bond acceptors (Lipinski definition) is 3. The molecule has 2 aromatic rings. The van der Waals surface area contributed by atoms with Crippen molar-refractivity contribution in [2.45, 2.75) is 20.8 Å². The van der Waals surface area contributed by atoms with E-state index in [0.29, 0.717) is 11.3 Å². The molecule has 0 saturated heterocycles. The number of rotatable bonds is 4. The number of aryl methyl sites for hydroxylation is 3. The molecule has 2 aromatic carbocycles. The van der Waals surface area contributed by atoms with Crippen molar-refractivity contribution in [2.24, 2.45) is 0 Å². The summed E-state index contributed by atoms with van der Waals surface area (Å²) in [5.74, 6) is 0.352. The molecule has 0 bridgehead atoms. The monoisotopic (exact) mass is 288 g/mol. The van der Waals surface area contributed by atoms with Crippen LogP contribution in [0.2, 0.25) is 0 Å². The lowest BCUT2D eigenvalue weighted by atomic mass is 10.0. The van der Waals surface area contributed by atoms with E-state index >= 15 is 0 Å². The van der Waals surface area contributed by atoms with Crippen LogP contribution < -0.4 is 4.52 Å². The Morgan fingerprint density at radius 2 is 1.60 bits per heavy atom. The van der Waals surface area contributed by atoms with Crippen molar-refractivity contribution >= 4 is 15.0 Å². The molecule has 0 aliphatic rings. The van der Waals surface area contributed by atoms with Crippen molar-refractivity contribution < 1.29 is 13.8 Å². The standard InChI is InChI=1S/C16H17O3P/c1-11-9-12(2)15(13(3)10-11)16(17)19-20-18-14-7-5-4-6-8-14/h4-10,20H,1-3H3. The predicted molar refractivity (Wildman–Crippen MR) is 81.5 cm³/mol. The zero-order valence-electron chi connectivity index (χ0n) is 11.8. The van der Waals surface area contributed by atoms with Crippen molar-refractivity contribution in [3.63, 3.8) is 0 Å². The van der Waals surface area contributed by atoms with Crippen LogP contribution in [0.4, 0.5) is 0 Å². The van der Waals surface area contributed by atoms with Gasteiger partial charge in [0, 0.05) is 0 Å². The molecule has 104 valence electrons. The van der Waals surface area contributed by atoms with Gasteiger partial charge in [0.25, 0.3) is 9.03 Å². The Balaban J connectivity index is 1.99. The molecule has 0 aromatic heterocycles. The van der Waals surface area contributed by atoms with Gasteiger partial charge in [-0.15, -0.1) is 0 Å². The van der Waals surface area contributed by atoms with Crippen LogP contribution in [-0.2, 0) is 4.52 Å². The van der Waals surface area contributed by atoms with E-state index in [4.69, 9.17) is 9.05 Å². The summed E-state index contributed by atoms with van der Waals surface area (Å²) in [5.41, 5.74) is 3.62. The lowest BCUT2D eigenvalue weighted by Gasteiger charge is -2.11. The average molecular weight is 288 g/mol. The molecule has 0 radical (unpaired) electrons. The molecule has 3 nitrogen and oxygen atoms in total. The third-order valence-electron chi connectivity index (χ3n) is 2.92. The molecular formula is C16H17O3P. The summed E-state index contributed by atoms with van der Waals surface area (Å²) in [6, 6.07) is 13.2.